The second kappa shape index (κ2) is 7.18. The molecule has 124 valence electrons. The van der Waals surface area contributed by atoms with Crippen molar-refractivity contribution in [2.75, 3.05) is 0 Å². The molecule has 0 aromatic heterocycles. The van der Waals surface area contributed by atoms with E-state index in [1.165, 1.54) is 0 Å². The van der Waals surface area contributed by atoms with Gasteiger partial charge in [0.1, 0.15) is 11.4 Å². The first-order valence-corrected chi connectivity index (χ1v) is 7.70. The van der Waals surface area contributed by atoms with Crippen LogP contribution in [0.4, 0.5) is 0 Å². The number of piperazine rings is 1. The lowest BCUT2D eigenvalue weighted by atomic mass is 9.86. The average Bonchev–Trinajstić information content (AvgIpc) is 2.47. The highest BCUT2D eigenvalue weighted by molar-refractivity contribution is 6.00. The van der Waals surface area contributed by atoms with Crippen LogP contribution in [0.5, 0.6) is 5.75 Å². The third-order valence-electron chi connectivity index (χ3n) is 3.35. The van der Waals surface area contributed by atoms with Crippen molar-refractivity contribution in [2.45, 2.75) is 40.0 Å². The summed E-state index contributed by atoms with van der Waals surface area (Å²) >= 11 is 0. The predicted octanol–water partition coefficient (Wildman–Crippen LogP) is 3.80. The number of phenolic OH excluding ortho intramolecular Hbond substituents is 1. The molecule has 1 amide bonds. The van der Waals surface area contributed by atoms with Crippen molar-refractivity contribution in [2.24, 2.45) is 0 Å². The van der Waals surface area contributed by atoms with Gasteiger partial charge in [-0.1, -0.05) is 53.8 Å². The van der Waals surface area contributed by atoms with E-state index in [1.807, 2.05) is 26.0 Å². The maximum atomic E-state index is 11.9. The van der Waals surface area contributed by atoms with Crippen LogP contribution in [0.2, 0.25) is 0 Å². The number of phenols is 1. The summed E-state index contributed by atoms with van der Waals surface area (Å²) in [6.07, 6.45) is 1.61. The zero-order valence-corrected chi connectivity index (χ0v) is 14.6. The minimum absolute atomic E-state index is 0.0406. The van der Waals surface area contributed by atoms with Crippen LogP contribution in [0.1, 0.15) is 45.7 Å². The van der Waals surface area contributed by atoms with Crippen LogP contribution in [0.15, 0.2) is 48.4 Å². The molecule has 1 aromatic rings. The zero-order chi connectivity index (χ0) is 17.8. The number of hydrogen-bond donors (Lipinski definition) is 3. The van der Waals surface area contributed by atoms with Crippen molar-refractivity contribution in [1.82, 2.24) is 10.6 Å². The molecule has 0 radical (unpaired) electrons. The Morgan fingerprint density at radius 2 is 1.65 bits per heavy atom. The summed E-state index contributed by atoms with van der Waals surface area (Å²) in [5.41, 5.74) is 2.93. The Kier molecular flexibility index (Phi) is 5.79. The van der Waals surface area contributed by atoms with Crippen LogP contribution in [0.3, 0.4) is 0 Å². The summed E-state index contributed by atoms with van der Waals surface area (Å²) in [5, 5.41) is 15.5. The van der Waals surface area contributed by atoms with Crippen LogP contribution in [0.25, 0.3) is 6.08 Å². The average molecular weight is 314 g/mol. The zero-order valence-electron chi connectivity index (χ0n) is 14.6. The van der Waals surface area contributed by atoms with E-state index in [0.29, 0.717) is 22.7 Å². The van der Waals surface area contributed by atoms with Crippen LogP contribution in [0, 0.1) is 0 Å². The molecule has 0 spiro atoms. The SMILES string of the molecule is C=C1NC(=O)/C(=C/c2cc(C(C)(C)C)ccc2O)NC1=C.CC. The minimum atomic E-state index is -0.298. The lowest BCUT2D eigenvalue weighted by molar-refractivity contribution is -0.117. The van der Waals surface area contributed by atoms with Crippen molar-refractivity contribution in [3.8, 4) is 5.75 Å². The fraction of sp³-hybridized carbons (Fsp3) is 0.316. The maximum Gasteiger partial charge on any atom is 0.272 e. The van der Waals surface area contributed by atoms with E-state index < -0.39 is 0 Å². The molecule has 3 N–H and O–H groups in total. The molecule has 1 saturated heterocycles. The normalized spacial score (nSPS) is 16.4. The highest BCUT2D eigenvalue weighted by Crippen LogP contribution is 2.29. The van der Waals surface area contributed by atoms with Crippen LogP contribution < -0.4 is 10.6 Å². The summed E-state index contributed by atoms with van der Waals surface area (Å²) in [7, 11) is 0. The number of hydrogen-bond acceptors (Lipinski definition) is 3. The quantitative estimate of drug-likeness (QED) is 0.691. The fourth-order valence-corrected chi connectivity index (χ4v) is 1.97. The predicted molar refractivity (Wildman–Crippen MR) is 95.7 cm³/mol. The van der Waals surface area contributed by atoms with E-state index in [9.17, 15) is 9.90 Å². The van der Waals surface area contributed by atoms with Gasteiger partial charge >= 0.3 is 0 Å². The topological polar surface area (TPSA) is 61.4 Å². The van der Waals surface area contributed by atoms with Crippen LogP contribution in [-0.2, 0) is 10.2 Å². The lowest BCUT2D eigenvalue weighted by Gasteiger charge is -2.22. The van der Waals surface area contributed by atoms with E-state index in [-0.39, 0.29) is 17.1 Å². The summed E-state index contributed by atoms with van der Waals surface area (Å²) in [6, 6.07) is 5.40. The molecule has 1 fully saturated rings. The minimum Gasteiger partial charge on any atom is -0.507 e. The molecule has 4 nitrogen and oxygen atoms in total. The standard InChI is InChI=1S/C17H20N2O2.C2H6/c1-10-11(2)19-16(21)14(18-10)9-12-8-13(17(3,4)5)6-7-15(12)20;1-2/h6-9,18,20H,1-2H2,3-5H3,(H,19,21);1-2H3/b14-9-;. The summed E-state index contributed by atoms with van der Waals surface area (Å²) in [4.78, 5) is 11.9. The molecular formula is C19H26N2O2. The lowest BCUT2D eigenvalue weighted by Crippen LogP contribution is -2.38. The number of amides is 1. The maximum absolute atomic E-state index is 11.9. The third-order valence-corrected chi connectivity index (χ3v) is 3.35. The Hall–Kier alpha value is -2.49. The number of rotatable bonds is 1. The van der Waals surface area contributed by atoms with Crippen LogP contribution >= 0.6 is 0 Å². The monoisotopic (exact) mass is 314 g/mol. The molecular weight excluding hydrogens is 288 g/mol. The molecule has 0 aliphatic carbocycles. The second-order valence-corrected chi connectivity index (χ2v) is 6.12. The second-order valence-electron chi connectivity index (χ2n) is 6.12. The van der Waals surface area contributed by atoms with Gasteiger partial charge in [0.05, 0.1) is 11.4 Å². The molecule has 2 rings (SSSR count). The largest absolute Gasteiger partial charge is 0.507 e. The smallest absolute Gasteiger partial charge is 0.272 e. The first-order chi connectivity index (χ1) is 10.7. The molecule has 23 heavy (non-hydrogen) atoms. The van der Waals surface area contributed by atoms with Gasteiger partial charge in [-0.2, -0.15) is 0 Å². The van der Waals surface area contributed by atoms with Gasteiger partial charge in [0.2, 0.25) is 0 Å². The van der Waals surface area contributed by atoms with E-state index in [1.54, 1.807) is 12.1 Å². The van der Waals surface area contributed by atoms with Crippen LogP contribution in [-0.4, -0.2) is 11.0 Å². The number of carbonyl (C=O) groups is 1. The van der Waals surface area contributed by atoms with Crippen molar-refractivity contribution in [3.63, 3.8) is 0 Å². The molecule has 4 heteroatoms. The number of aromatic hydroxyl groups is 1. The molecule has 1 aliphatic heterocycles. The summed E-state index contributed by atoms with van der Waals surface area (Å²) < 4.78 is 0. The van der Waals surface area contributed by atoms with Crippen molar-refractivity contribution < 1.29 is 9.90 Å². The first kappa shape index (κ1) is 18.6. The van der Waals surface area contributed by atoms with E-state index in [0.717, 1.165) is 5.56 Å². The Labute approximate surface area is 138 Å². The summed E-state index contributed by atoms with van der Waals surface area (Å²) in [5.74, 6) is -0.173. The first-order valence-electron chi connectivity index (χ1n) is 7.70. The van der Waals surface area contributed by atoms with Crippen molar-refractivity contribution in [3.05, 3.63) is 59.6 Å². The number of benzene rings is 1. The van der Waals surface area contributed by atoms with E-state index in [4.69, 9.17) is 0 Å². The number of nitrogens with one attached hydrogen (secondary N) is 2. The van der Waals surface area contributed by atoms with Gasteiger partial charge in [-0.05, 0) is 29.2 Å². The Morgan fingerprint density at radius 1 is 1.09 bits per heavy atom. The van der Waals surface area contributed by atoms with Crippen molar-refractivity contribution >= 4 is 12.0 Å². The molecule has 0 atom stereocenters. The molecule has 1 aromatic carbocycles. The molecule has 0 saturated carbocycles. The molecule has 0 bridgehead atoms. The Balaban J connectivity index is 0.00000127. The highest BCUT2D eigenvalue weighted by Gasteiger charge is 2.20. The van der Waals surface area contributed by atoms with E-state index >= 15 is 0 Å². The van der Waals surface area contributed by atoms with E-state index in [2.05, 4.69) is 44.6 Å². The molecule has 1 heterocycles. The van der Waals surface area contributed by atoms with Gasteiger partial charge in [0, 0.05) is 5.56 Å². The number of carbonyl (C=O) groups excluding carboxylic acids is 1. The van der Waals surface area contributed by atoms with Gasteiger partial charge < -0.3 is 15.7 Å². The third kappa shape index (κ3) is 4.49. The highest BCUT2D eigenvalue weighted by atomic mass is 16.3. The fourth-order valence-electron chi connectivity index (χ4n) is 1.97. The van der Waals surface area contributed by atoms with Gasteiger partial charge in [-0.25, -0.2) is 0 Å². The Morgan fingerprint density at radius 3 is 2.22 bits per heavy atom. The van der Waals surface area contributed by atoms with Crippen molar-refractivity contribution in [1.29, 1.82) is 0 Å². The molecule has 0 unspecified atom stereocenters. The Bertz CT molecular complexity index is 664. The summed E-state index contributed by atoms with van der Waals surface area (Å²) in [6.45, 7) is 17.7. The van der Waals surface area contributed by atoms with Gasteiger partial charge in [-0.15, -0.1) is 0 Å². The van der Waals surface area contributed by atoms with Gasteiger partial charge in [-0.3, -0.25) is 4.79 Å². The van der Waals surface area contributed by atoms with Gasteiger partial charge in [0.15, 0.2) is 0 Å². The molecule has 1 aliphatic rings. The van der Waals surface area contributed by atoms with Gasteiger partial charge in [0.25, 0.3) is 5.91 Å².